The zero-order valence-corrected chi connectivity index (χ0v) is 16.7. The summed E-state index contributed by atoms with van der Waals surface area (Å²) in [5, 5.41) is 31.1. The van der Waals surface area contributed by atoms with Gasteiger partial charge in [0.1, 0.15) is 23.8 Å². The van der Waals surface area contributed by atoms with Crippen molar-refractivity contribution in [3.8, 4) is 18.2 Å². The zero-order chi connectivity index (χ0) is 13.0. The number of rotatable bonds is 1. The Morgan fingerprint density at radius 2 is 1.84 bits per heavy atom. The number of nitrogens with zero attached hydrogens (tertiary/aromatic N) is 4. The fourth-order valence-electron chi connectivity index (χ4n) is 1.97. The third kappa shape index (κ3) is 2.33. The number of fused-ring (bicyclic) bond motifs is 1. The second-order valence-corrected chi connectivity index (χ2v) is 3.91. The molecule has 0 radical (unpaired) electrons. The molecule has 0 saturated heterocycles. The van der Waals surface area contributed by atoms with Crippen molar-refractivity contribution in [3.63, 3.8) is 0 Å². The normalized spacial score (nSPS) is 11.4. The van der Waals surface area contributed by atoms with Crippen LogP contribution in [0.15, 0.2) is 23.8 Å². The van der Waals surface area contributed by atoms with Crippen molar-refractivity contribution >= 4 is 11.3 Å². The summed E-state index contributed by atoms with van der Waals surface area (Å²) in [6.45, 7) is 0.828. The third-order valence-electron chi connectivity index (χ3n) is 2.84. The molecule has 0 unspecified atom stereocenters. The summed E-state index contributed by atoms with van der Waals surface area (Å²) in [6, 6.07) is 10.9. The molecule has 2 rings (SSSR count). The molecular weight excluding hydrogens is 491 g/mol. The Balaban J connectivity index is 0.00000180. The Hall–Kier alpha value is -3.77. The molecule has 5 heteroatoms. The molecule has 0 bridgehead atoms. The molecule has 19 heavy (non-hydrogen) atoms. The Morgan fingerprint density at radius 3 is 2.47 bits per heavy atom. The Morgan fingerprint density at radius 1 is 1.11 bits per heavy atom. The van der Waals surface area contributed by atoms with E-state index in [0.29, 0.717) is 5.56 Å². The van der Waals surface area contributed by atoms with E-state index in [-0.39, 0.29) is 11.1 Å². The molecule has 0 saturated carbocycles. The first kappa shape index (κ1) is 13.3. The maximum absolute atomic E-state index is 9.08. The molecule has 0 spiro atoms. The smallest absolute Gasteiger partial charge is 0.148 e. The molecule has 1 heterocycles. The Kier molecular flexibility index (Phi) is 3.87. The van der Waals surface area contributed by atoms with E-state index in [2.05, 4.69) is 5.32 Å². The van der Waals surface area contributed by atoms with E-state index in [1.807, 2.05) is 18.2 Å². The van der Waals surface area contributed by atoms with Crippen molar-refractivity contribution in [2.45, 2.75) is 12.8 Å². The van der Waals surface area contributed by atoms with Gasteiger partial charge in [0.2, 0.25) is 0 Å². The molecule has 1 aliphatic heterocycles. The predicted octanol–water partition coefficient (Wildman–Crippen LogP) is 2.96. The standard InChI is InChI=1S/C14H9N4.Rf/c15-7-12(8-16)13(9-17)10-3-4-14-11(6-10)2-1-5-18-14;/h3-4,6H,1-2,5H2;/q-1;. The minimum atomic E-state index is -0.148. The molecule has 0 fully saturated rings. The van der Waals surface area contributed by atoms with E-state index in [1.54, 1.807) is 18.2 Å². The van der Waals surface area contributed by atoms with Gasteiger partial charge in [-0.15, -0.1) is 12.2 Å². The zero-order valence-electron chi connectivity index (χ0n) is 10.3. The maximum Gasteiger partial charge on any atom is 0.148 e. The number of allylic oxidation sites excluding steroid dienone is 2. The van der Waals surface area contributed by atoms with Crippen molar-refractivity contribution in [1.29, 1.82) is 15.8 Å². The minimum Gasteiger partial charge on any atom is -0.684 e. The van der Waals surface area contributed by atoms with Gasteiger partial charge in [0.25, 0.3) is 0 Å². The van der Waals surface area contributed by atoms with Gasteiger partial charge in [-0.1, -0.05) is 30.2 Å². The summed E-state index contributed by atoms with van der Waals surface area (Å²) >= 11 is 0. The first-order valence-corrected chi connectivity index (χ1v) is 5.55. The summed E-state index contributed by atoms with van der Waals surface area (Å²) in [6.07, 6.45) is 1.91. The molecule has 0 atom stereocenters. The van der Waals surface area contributed by atoms with Crippen LogP contribution in [-0.2, 0) is 6.42 Å². The number of hydrogen-bond acceptors (Lipinski definition) is 3. The van der Waals surface area contributed by atoms with Crippen LogP contribution in [0.2, 0.25) is 0 Å². The monoisotopic (exact) mass is 500 g/mol. The SMILES string of the molecule is N#CC(C#N)=C(C#N)c1ccc2c(c1)CCC[N-]2.[Rf]. The summed E-state index contributed by atoms with van der Waals surface area (Å²) < 4.78 is 0. The van der Waals surface area contributed by atoms with Gasteiger partial charge < -0.3 is 5.32 Å². The van der Waals surface area contributed by atoms with E-state index in [1.165, 1.54) is 0 Å². The van der Waals surface area contributed by atoms with Gasteiger partial charge in [-0.05, 0) is 12.0 Å². The molecule has 1 aliphatic rings. The molecule has 1 aromatic rings. The van der Waals surface area contributed by atoms with Crippen LogP contribution in [0.25, 0.3) is 10.9 Å². The third-order valence-corrected chi connectivity index (χ3v) is 2.84. The summed E-state index contributed by atoms with van der Waals surface area (Å²) in [5.74, 6) is 0. The molecular formula is C14H9N4Rf-. The quantitative estimate of drug-likeness (QED) is 0.556. The summed E-state index contributed by atoms with van der Waals surface area (Å²) in [4.78, 5) is 0. The average molecular weight is 500 g/mol. The summed E-state index contributed by atoms with van der Waals surface area (Å²) in [7, 11) is 0. The molecule has 0 aromatic heterocycles. The number of hydrogen-bond donors (Lipinski definition) is 0. The van der Waals surface area contributed by atoms with Crippen molar-refractivity contribution in [2.24, 2.45) is 0 Å². The number of nitriles is 3. The van der Waals surface area contributed by atoms with Crippen LogP contribution in [0.3, 0.4) is 0 Å². The largest absolute Gasteiger partial charge is 0.684 e. The van der Waals surface area contributed by atoms with Crippen LogP contribution in [-0.4, -0.2) is 6.54 Å². The topological polar surface area (TPSA) is 85.5 Å². The van der Waals surface area contributed by atoms with Crippen LogP contribution in [0.1, 0.15) is 17.5 Å². The molecule has 0 aliphatic carbocycles. The van der Waals surface area contributed by atoms with Gasteiger partial charge in [0, 0.05) is 0 Å². The van der Waals surface area contributed by atoms with Crippen LogP contribution < -0.4 is 0 Å². The number of aryl methyl sites for hydroxylation is 1. The molecule has 0 amide bonds. The maximum atomic E-state index is 9.08. The predicted molar refractivity (Wildman–Crippen MR) is 66.4 cm³/mol. The van der Waals surface area contributed by atoms with Crippen LogP contribution >= 0.6 is 0 Å². The van der Waals surface area contributed by atoms with E-state index in [9.17, 15) is 0 Å². The van der Waals surface area contributed by atoms with Crippen molar-refractivity contribution in [3.05, 3.63) is 40.2 Å². The average Bonchev–Trinajstić information content (AvgIpc) is 2.44. The molecule has 0 N–H and O–H groups in total. The Bertz CT molecular complexity index is 625. The van der Waals surface area contributed by atoms with Crippen molar-refractivity contribution in [1.82, 2.24) is 0 Å². The van der Waals surface area contributed by atoms with Crippen LogP contribution in [0.4, 0.5) is 5.69 Å². The van der Waals surface area contributed by atoms with Gasteiger partial charge in [-0.2, -0.15) is 15.8 Å². The second kappa shape index (κ2) is 5.53. The van der Waals surface area contributed by atoms with Crippen LogP contribution in [0, 0.1) is 34.0 Å². The Labute approximate surface area is 105 Å². The van der Waals surface area contributed by atoms with Crippen LogP contribution in [0.5, 0.6) is 0 Å². The fraction of sp³-hybridized carbons (Fsp3) is 0.214. The van der Waals surface area contributed by atoms with E-state index in [4.69, 9.17) is 15.8 Å². The van der Waals surface area contributed by atoms with Gasteiger partial charge in [-0.3, -0.25) is 0 Å². The second-order valence-electron chi connectivity index (χ2n) is 3.91. The van der Waals surface area contributed by atoms with E-state index >= 15 is 0 Å². The molecule has 4 nitrogen and oxygen atoms in total. The fourth-order valence-corrected chi connectivity index (χ4v) is 1.97. The molecule has 88 valence electrons. The van der Waals surface area contributed by atoms with Crippen molar-refractivity contribution in [2.75, 3.05) is 6.54 Å². The van der Waals surface area contributed by atoms with E-state index in [0.717, 1.165) is 30.6 Å². The minimum absolute atomic E-state index is 0. The molecule has 1 aromatic carbocycles. The van der Waals surface area contributed by atoms with E-state index < -0.39 is 0 Å². The first-order chi connectivity index (χ1) is 8.80. The number of benzene rings is 1. The van der Waals surface area contributed by atoms with Gasteiger partial charge in [-0.25, -0.2) is 0 Å². The van der Waals surface area contributed by atoms with Gasteiger partial charge >= 0.3 is 0 Å². The van der Waals surface area contributed by atoms with Gasteiger partial charge in [0.05, 0.1) is 5.57 Å². The van der Waals surface area contributed by atoms with Crippen molar-refractivity contribution < 1.29 is 0 Å². The first-order valence-electron chi connectivity index (χ1n) is 5.55. The van der Waals surface area contributed by atoms with Gasteiger partial charge in [0.15, 0.2) is 0 Å². The summed E-state index contributed by atoms with van der Waals surface area (Å²) in [5.41, 5.74) is 2.62.